The summed E-state index contributed by atoms with van der Waals surface area (Å²) >= 11 is 0. The van der Waals surface area contributed by atoms with Crippen molar-refractivity contribution in [1.29, 1.82) is 0 Å². The molecule has 150 valence electrons. The van der Waals surface area contributed by atoms with Crippen molar-refractivity contribution >= 4 is 5.91 Å². The maximum absolute atomic E-state index is 13.5. The average Bonchev–Trinajstić information content (AvgIpc) is 3.13. The molecule has 1 saturated heterocycles. The monoisotopic (exact) mass is 383 g/mol. The molecule has 6 heteroatoms. The van der Waals surface area contributed by atoms with Gasteiger partial charge in [-0.1, -0.05) is 13.0 Å². The lowest BCUT2D eigenvalue weighted by molar-refractivity contribution is 0.0175. The van der Waals surface area contributed by atoms with E-state index >= 15 is 0 Å². The smallest absolute Gasteiger partial charge is 0.272 e. The number of nitrogens with zero attached hydrogens (tertiary/aromatic N) is 3. The third-order valence-electron chi connectivity index (χ3n) is 6.17. The number of rotatable bonds is 4. The first-order valence-corrected chi connectivity index (χ1v) is 10.2. The predicted octanol–water partition coefficient (Wildman–Crippen LogP) is 2.98. The van der Waals surface area contributed by atoms with Crippen LogP contribution in [0.2, 0.25) is 0 Å². The van der Waals surface area contributed by atoms with Crippen molar-refractivity contribution in [2.75, 3.05) is 20.3 Å². The molecule has 0 unspecified atom stereocenters. The Morgan fingerprint density at radius 2 is 2.04 bits per heavy atom. The summed E-state index contributed by atoms with van der Waals surface area (Å²) in [4.78, 5) is 15.6. The van der Waals surface area contributed by atoms with Crippen molar-refractivity contribution in [3.05, 3.63) is 46.8 Å². The Hall–Kier alpha value is -2.34. The van der Waals surface area contributed by atoms with Crippen LogP contribution in [0, 0.1) is 5.92 Å². The highest BCUT2D eigenvalue weighted by Crippen LogP contribution is 2.34. The Labute approximate surface area is 166 Å². The van der Waals surface area contributed by atoms with Crippen molar-refractivity contribution in [3.8, 4) is 5.75 Å². The van der Waals surface area contributed by atoms with E-state index in [2.05, 4.69) is 29.1 Å². The van der Waals surface area contributed by atoms with E-state index in [4.69, 9.17) is 9.47 Å². The van der Waals surface area contributed by atoms with Crippen LogP contribution < -0.4 is 4.74 Å². The SMILES string of the molecule is CCc1cc(C(=O)N2Cc3ccc(OC)cc3C[C@H]2C2CCOCC2)n(C)n1. The molecule has 2 aromatic rings. The number of carbonyl (C=O) groups is 1. The summed E-state index contributed by atoms with van der Waals surface area (Å²) in [6.45, 7) is 4.25. The number of hydrogen-bond acceptors (Lipinski definition) is 4. The summed E-state index contributed by atoms with van der Waals surface area (Å²) in [5.41, 5.74) is 4.12. The maximum atomic E-state index is 13.5. The first-order valence-electron chi connectivity index (χ1n) is 10.2. The second kappa shape index (κ2) is 7.95. The molecule has 3 heterocycles. The highest BCUT2D eigenvalue weighted by molar-refractivity contribution is 5.93. The predicted molar refractivity (Wildman–Crippen MR) is 106 cm³/mol. The molecule has 6 nitrogen and oxygen atoms in total. The molecule has 4 rings (SSSR count). The lowest BCUT2D eigenvalue weighted by atomic mass is 9.82. The summed E-state index contributed by atoms with van der Waals surface area (Å²) in [7, 11) is 3.56. The zero-order valence-electron chi connectivity index (χ0n) is 17.0. The van der Waals surface area contributed by atoms with Crippen molar-refractivity contribution < 1.29 is 14.3 Å². The van der Waals surface area contributed by atoms with E-state index in [1.807, 2.05) is 19.2 Å². The van der Waals surface area contributed by atoms with Crippen LogP contribution in [-0.4, -0.2) is 47.0 Å². The molecule has 1 amide bonds. The summed E-state index contributed by atoms with van der Waals surface area (Å²) in [5, 5.41) is 4.48. The van der Waals surface area contributed by atoms with Gasteiger partial charge in [0.05, 0.1) is 12.8 Å². The lowest BCUT2D eigenvalue weighted by Gasteiger charge is -2.42. The van der Waals surface area contributed by atoms with E-state index in [1.54, 1.807) is 11.8 Å². The molecule has 0 aliphatic carbocycles. The van der Waals surface area contributed by atoms with E-state index in [0.29, 0.717) is 18.2 Å². The van der Waals surface area contributed by atoms with E-state index in [0.717, 1.165) is 50.3 Å². The number of hydrogen-bond donors (Lipinski definition) is 0. The quantitative estimate of drug-likeness (QED) is 0.814. The number of ether oxygens (including phenoxy) is 2. The largest absolute Gasteiger partial charge is 0.497 e. The number of carbonyl (C=O) groups excluding carboxylic acids is 1. The fourth-order valence-corrected chi connectivity index (χ4v) is 4.50. The van der Waals surface area contributed by atoms with E-state index < -0.39 is 0 Å². The molecule has 2 aliphatic heterocycles. The minimum absolute atomic E-state index is 0.0765. The fourth-order valence-electron chi connectivity index (χ4n) is 4.50. The van der Waals surface area contributed by atoms with Gasteiger partial charge in [-0.25, -0.2) is 0 Å². The van der Waals surface area contributed by atoms with E-state index in [9.17, 15) is 4.79 Å². The van der Waals surface area contributed by atoms with Gasteiger partial charge in [-0.2, -0.15) is 5.10 Å². The number of amides is 1. The van der Waals surface area contributed by atoms with Crippen LogP contribution in [0.5, 0.6) is 5.75 Å². The number of fused-ring (bicyclic) bond motifs is 1. The Kier molecular flexibility index (Phi) is 5.40. The third-order valence-corrected chi connectivity index (χ3v) is 6.17. The molecule has 2 aliphatic rings. The number of aryl methyl sites for hydroxylation is 2. The van der Waals surface area contributed by atoms with Gasteiger partial charge in [0.1, 0.15) is 11.4 Å². The molecule has 0 bridgehead atoms. The van der Waals surface area contributed by atoms with Gasteiger partial charge in [-0.15, -0.1) is 0 Å². The molecule has 0 radical (unpaired) electrons. The molecular weight excluding hydrogens is 354 g/mol. The molecule has 0 spiro atoms. The van der Waals surface area contributed by atoms with Gasteiger partial charge in [-0.05, 0) is 60.9 Å². The second-order valence-corrected chi connectivity index (χ2v) is 7.79. The minimum atomic E-state index is 0.0765. The standard InChI is InChI=1S/C22H29N3O3/c1-4-18-13-21(24(2)23-18)22(26)25-14-16-5-6-19(27-3)11-17(16)12-20(25)15-7-9-28-10-8-15/h5-6,11,13,15,20H,4,7-10,12,14H2,1-3H3/t20-/m0/s1. The maximum Gasteiger partial charge on any atom is 0.272 e. The van der Waals surface area contributed by atoms with Gasteiger partial charge in [0, 0.05) is 32.8 Å². The highest BCUT2D eigenvalue weighted by Gasteiger charge is 2.37. The first-order chi connectivity index (χ1) is 13.6. The van der Waals surface area contributed by atoms with Crippen LogP contribution in [0.15, 0.2) is 24.3 Å². The highest BCUT2D eigenvalue weighted by atomic mass is 16.5. The Morgan fingerprint density at radius 3 is 2.71 bits per heavy atom. The van der Waals surface area contributed by atoms with Gasteiger partial charge in [0.25, 0.3) is 5.91 Å². The molecule has 0 N–H and O–H groups in total. The zero-order valence-corrected chi connectivity index (χ0v) is 17.0. The van der Waals surface area contributed by atoms with Gasteiger partial charge in [-0.3, -0.25) is 9.48 Å². The zero-order chi connectivity index (χ0) is 19.7. The first kappa shape index (κ1) is 19.0. The Bertz CT molecular complexity index is 855. The minimum Gasteiger partial charge on any atom is -0.497 e. The van der Waals surface area contributed by atoms with Gasteiger partial charge >= 0.3 is 0 Å². The third kappa shape index (κ3) is 3.53. The van der Waals surface area contributed by atoms with Crippen LogP contribution >= 0.6 is 0 Å². The van der Waals surface area contributed by atoms with Crippen LogP contribution in [-0.2, 0) is 31.2 Å². The molecular formula is C22H29N3O3. The number of methoxy groups -OCH3 is 1. The topological polar surface area (TPSA) is 56.6 Å². The van der Waals surface area contributed by atoms with Gasteiger partial charge in [0.15, 0.2) is 0 Å². The summed E-state index contributed by atoms with van der Waals surface area (Å²) in [5.74, 6) is 1.41. The normalized spacial score (nSPS) is 20.1. The van der Waals surface area contributed by atoms with E-state index in [1.165, 1.54) is 11.1 Å². The number of aromatic nitrogens is 2. The second-order valence-electron chi connectivity index (χ2n) is 7.79. The summed E-state index contributed by atoms with van der Waals surface area (Å²) < 4.78 is 12.7. The van der Waals surface area contributed by atoms with Crippen molar-refractivity contribution in [1.82, 2.24) is 14.7 Å². The van der Waals surface area contributed by atoms with Crippen molar-refractivity contribution in [2.45, 2.75) is 45.2 Å². The van der Waals surface area contributed by atoms with Crippen LogP contribution in [0.3, 0.4) is 0 Å². The van der Waals surface area contributed by atoms with Crippen molar-refractivity contribution in [2.24, 2.45) is 13.0 Å². The van der Waals surface area contributed by atoms with E-state index in [-0.39, 0.29) is 11.9 Å². The summed E-state index contributed by atoms with van der Waals surface area (Å²) in [6, 6.07) is 8.32. The summed E-state index contributed by atoms with van der Waals surface area (Å²) in [6.07, 6.45) is 3.69. The van der Waals surface area contributed by atoms with Gasteiger partial charge < -0.3 is 14.4 Å². The van der Waals surface area contributed by atoms with Crippen LogP contribution in [0.25, 0.3) is 0 Å². The Balaban J connectivity index is 1.68. The molecule has 0 saturated carbocycles. The molecule has 1 atom stereocenters. The van der Waals surface area contributed by atoms with Crippen molar-refractivity contribution in [3.63, 3.8) is 0 Å². The van der Waals surface area contributed by atoms with Crippen LogP contribution in [0.1, 0.15) is 47.1 Å². The fraction of sp³-hybridized carbons (Fsp3) is 0.545. The average molecular weight is 383 g/mol. The number of benzene rings is 1. The molecule has 1 aromatic heterocycles. The molecule has 1 aromatic carbocycles. The molecule has 28 heavy (non-hydrogen) atoms. The Morgan fingerprint density at radius 1 is 1.25 bits per heavy atom. The lowest BCUT2D eigenvalue weighted by Crippen LogP contribution is -2.49. The van der Waals surface area contributed by atoms with Crippen LogP contribution in [0.4, 0.5) is 0 Å². The molecule has 1 fully saturated rings. The van der Waals surface area contributed by atoms with Gasteiger partial charge in [0.2, 0.25) is 0 Å².